The van der Waals surface area contributed by atoms with Crippen molar-refractivity contribution in [1.29, 1.82) is 0 Å². The van der Waals surface area contributed by atoms with E-state index in [0.717, 1.165) is 25.8 Å². The van der Waals surface area contributed by atoms with Crippen molar-refractivity contribution in [3.05, 3.63) is 29.3 Å². The molecule has 1 N–H and O–H groups in total. The summed E-state index contributed by atoms with van der Waals surface area (Å²) in [4.78, 5) is 14.6. The average Bonchev–Trinajstić information content (AvgIpc) is 3.13. The summed E-state index contributed by atoms with van der Waals surface area (Å²) < 4.78 is 27.5. The number of amides is 1. The molecule has 0 atom stereocenters. The fourth-order valence-electron chi connectivity index (χ4n) is 3.90. The Balaban J connectivity index is 0.00000261. The summed E-state index contributed by atoms with van der Waals surface area (Å²) in [5.74, 6) is 0.0400. The summed E-state index contributed by atoms with van der Waals surface area (Å²) >= 11 is 0. The van der Waals surface area contributed by atoms with Crippen LogP contribution in [0.1, 0.15) is 30.4 Å². The van der Waals surface area contributed by atoms with E-state index in [4.69, 9.17) is 0 Å². The fourth-order valence-corrected chi connectivity index (χ4v) is 5.42. The average molecular weight is 416 g/mol. The van der Waals surface area contributed by atoms with Crippen LogP contribution in [0.3, 0.4) is 0 Å². The number of fused-ring (bicyclic) bond motifs is 1. The fraction of sp³-hybridized carbons (Fsp3) is 0.632. The normalized spacial score (nSPS) is 18.0. The summed E-state index contributed by atoms with van der Waals surface area (Å²) in [7, 11) is 0.206. The number of likely N-dealkylation sites (N-methyl/N-ethyl adjacent to an activating group) is 2. The van der Waals surface area contributed by atoms with Crippen LogP contribution in [0.5, 0.6) is 0 Å². The van der Waals surface area contributed by atoms with Crippen molar-refractivity contribution in [3.63, 3.8) is 0 Å². The van der Waals surface area contributed by atoms with Gasteiger partial charge < -0.3 is 10.2 Å². The Morgan fingerprint density at radius 2 is 1.89 bits per heavy atom. The second-order valence-electron chi connectivity index (χ2n) is 7.33. The first-order valence-electron chi connectivity index (χ1n) is 9.45. The lowest BCUT2D eigenvalue weighted by molar-refractivity contribution is -0.135. The molecule has 0 saturated carbocycles. The van der Waals surface area contributed by atoms with Crippen LogP contribution in [-0.4, -0.2) is 63.8 Å². The highest BCUT2D eigenvalue weighted by molar-refractivity contribution is 7.89. The molecule has 27 heavy (non-hydrogen) atoms. The maximum Gasteiger partial charge on any atom is 0.243 e. The second-order valence-corrected chi connectivity index (χ2v) is 9.26. The second kappa shape index (κ2) is 9.37. The Bertz CT molecular complexity index is 761. The van der Waals surface area contributed by atoms with E-state index in [9.17, 15) is 13.2 Å². The molecule has 152 valence electrons. The Kier molecular flexibility index (Phi) is 7.68. The number of piperidine rings is 1. The third-order valence-electron chi connectivity index (χ3n) is 5.58. The maximum atomic E-state index is 13.0. The zero-order valence-corrected chi connectivity index (χ0v) is 17.7. The number of rotatable bonds is 6. The molecule has 1 aromatic carbocycles. The number of hydrogen-bond acceptors (Lipinski definition) is 4. The van der Waals surface area contributed by atoms with Crippen LogP contribution in [0.2, 0.25) is 0 Å². The van der Waals surface area contributed by atoms with Gasteiger partial charge in [-0.25, -0.2) is 8.42 Å². The van der Waals surface area contributed by atoms with Crippen LogP contribution in [0, 0.1) is 5.92 Å². The minimum absolute atomic E-state index is 0. The Morgan fingerprint density at radius 1 is 1.22 bits per heavy atom. The van der Waals surface area contributed by atoms with Gasteiger partial charge >= 0.3 is 0 Å². The molecule has 1 aliphatic carbocycles. The van der Waals surface area contributed by atoms with E-state index in [1.54, 1.807) is 15.3 Å². The molecule has 1 aromatic rings. The predicted octanol–water partition coefficient (Wildman–Crippen LogP) is 1.68. The zero-order valence-electron chi connectivity index (χ0n) is 16.1. The van der Waals surface area contributed by atoms with E-state index in [2.05, 4.69) is 5.32 Å². The molecule has 3 rings (SSSR count). The van der Waals surface area contributed by atoms with Crippen molar-refractivity contribution in [2.24, 2.45) is 5.92 Å². The molecule has 0 aromatic heterocycles. The molecule has 0 bridgehead atoms. The summed E-state index contributed by atoms with van der Waals surface area (Å²) in [5, 5.41) is 3.04. The first kappa shape index (κ1) is 22.1. The topological polar surface area (TPSA) is 69.7 Å². The lowest BCUT2D eigenvalue weighted by atomic mass is 9.97. The number of sulfonamides is 1. The first-order valence-corrected chi connectivity index (χ1v) is 10.9. The molecule has 1 fully saturated rings. The molecule has 1 saturated heterocycles. The van der Waals surface area contributed by atoms with Crippen LogP contribution < -0.4 is 5.32 Å². The van der Waals surface area contributed by atoms with Crippen molar-refractivity contribution in [3.8, 4) is 0 Å². The number of halogens is 1. The predicted molar refractivity (Wildman–Crippen MR) is 109 cm³/mol. The molecule has 8 heteroatoms. The van der Waals surface area contributed by atoms with E-state index in [1.807, 2.05) is 26.2 Å². The zero-order chi connectivity index (χ0) is 18.7. The Hall–Kier alpha value is -1.15. The number of nitrogens with one attached hydrogen (secondary N) is 1. The lowest BCUT2D eigenvalue weighted by Gasteiger charge is -2.32. The van der Waals surface area contributed by atoms with Gasteiger partial charge in [-0.05, 0) is 62.4 Å². The molecule has 0 radical (unpaired) electrons. The minimum Gasteiger partial charge on any atom is -0.344 e. The van der Waals surface area contributed by atoms with Gasteiger partial charge in [-0.3, -0.25) is 4.79 Å². The molecule has 2 aliphatic rings. The van der Waals surface area contributed by atoms with Gasteiger partial charge in [0.15, 0.2) is 0 Å². The smallest absolute Gasteiger partial charge is 0.243 e. The van der Waals surface area contributed by atoms with E-state index < -0.39 is 10.0 Å². The number of aryl methyl sites for hydroxylation is 2. The molecular weight excluding hydrogens is 386 g/mol. The van der Waals surface area contributed by atoms with Crippen molar-refractivity contribution in [2.75, 3.05) is 40.3 Å². The van der Waals surface area contributed by atoms with E-state index in [0.29, 0.717) is 37.4 Å². The molecule has 1 aliphatic heterocycles. The van der Waals surface area contributed by atoms with Crippen molar-refractivity contribution in [1.82, 2.24) is 14.5 Å². The first-order chi connectivity index (χ1) is 12.4. The lowest BCUT2D eigenvalue weighted by Crippen LogP contribution is -2.44. The largest absolute Gasteiger partial charge is 0.344 e. The third-order valence-corrected chi connectivity index (χ3v) is 7.48. The number of carbonyl (C=O) groups excluding carboxylic acids is 1. The van der Waals surface area contributed by atoms with Crippen LogP contribution in [0.25, 0.3) is 0 Å². The maximum absolute atomic E-state index is 13.0. The van der Waals surface area contributed by atoms with Gasteiger partial charge in [0.05, 0.1) is 4.90 Å². The standard InChI is InChI=1S/C19H29N3O3S.ClH/c1-20-10-13-21(2)19(23)16-8-11-22(12-9-16)26(24,25)18-7-6-15-4-3-5-17(15)14-18;/h6-7,14,16,20H,3-5,8-13H2,1-2H3;1H. The van der Waals surface area contributed by atoms with Crippen LogP contribution in [0.4, 0.5) is 0 Å². The quantitative estimate of drug-likeness (QED) is 0.767. The summed E-state index contributed by atoms with van der Waals surface area (Å²) in [6.07, 6.45) is 4.30. The van der Waals surface area contributed by atoms with Crippen LogP contribution >= 0.6 is 12.4 Å². The number of hydrogen-bond donors (Lipinski definition) is 1. The van der Waals surface area contributed by atoms with Crippen LogP contribution in [0.15, 0.2) is 23.1 Å². The minimum atomic E-state index is -3.47. The summed E-state index contributed by atoms with van der Waals surface area (Å²) in [6.45, 7) is 2.25. The third kappa shape index (κ3) is 4.83. The Morgan fingerprint density at radius 3 is 2.56 bits per heavy atom. The monoisotopic (exact) mass is 415 g/mol. The van der Waals surface area contributed by atoms with Crippen molar-refractivity contribution >= 4 is 28.3 Å². The molecule has 1 amide bonds. The Labute approximate surface area is 168 Å². The van der Waals surface area contributed by atoms with E-state index >= 15 is 0 Å². The highest BCUT2D eigenvalue weighted by atomic mass is 35.5. The van der Waals surface area contributed by atoms with Gasteiger partial charge in [0, 0.05) is 39.1 Å². The number of benzene rings is 1. The molecule has 0 spiro atoms. The number of carbonyl (C=O) groups is 1. The van der Waals surface area contributed by atoms with Gasteiger partial charge in [0.1, 0.15) is 0 Å². The highest BCUT2D eigenvalue weighted by Crippen LogP contribution is 2.29. The van der Waals surface area contributed by atoms with E-state index in [-0.39, 0.29) is 24.2 Å². The van der Waals surface area contributed by atoms with Gasteiger partial charge in [-0.2, -0.15) is 4.31 Å². The van der Waals surface area contributed by atoms with Crippen LogP contribution in [-0.2, 0) is 27.7 Å². The summed E-state index contributed by atoms with van der Waals surface area (Å²) in [5.41, 5.74) is 2.44. The molecule has 0 unspecified atom stereocenters. The van der Waals surface area contributed by atoms with Gasteiger partial charge in [-0.1, -0.05) is 6.07 Å². The molecular formula is C19H30ClN3O3S. The highest BCUT2D eigenvalue weighted by Gasteiger charge is 2.33. The van der Waals surface area contributed by atoms with Gasteiger partial charge in [0.2, 0.25) is 15.9 Å². The number of nitrogens with zero attached hydrogens (tertiary/aromatic N) is 2. The van der Waals surface area contributed by atoms with Gasteiger partial charge in [-0.15, -0.1) is 12.4 Å². The van der Waals surface area contributed by atoms with Gasteiger partial charge in [0.25, 0.3) is 0 Å². The van der Waals surface area contributed by atoms with E-state index in [1.165, 1.54) is 11.1 Å². The summed E-state index contributed by atoms with van der Waals surface area (Å²) in [6, 6.07) is 5.55. The SMILES string of the molecule is CNCCN(C)C(=O)C1CCN(S(=O)(=O)c2ccc3c(c2)CCC3)CC1.Cl. The molecule has 6 nitrogen and oxygen atoms in total. The molecule has 1 heterocycles. The van der Waals surface area contributed by atoms with Crippen molar-refractivity contribution in [2.45, 2.75) is 37.0 Å². The van der Waals surface area contributed by atoms with Crippen molar-refractivity contribution < 1.29 is 13.2 Å².